The number of hydrogen-bond donors (Lipinski definition) is 0. The van der Waals surface area contributed by atoms with E-state index in [0.29, 0.717) is 5.78 Å². The van der Waals surface area contributed by atoms with Gasteiger partial charge in [0.1, 0.15) is 0 Å². The van der Waals surface area contributed by atoms with Crippen molar-refractivity contribution in [1.82, 2.24) is 9.80 Å². The first-order valence-electron chi connectivity index (χ1n) is 6.79. The molecule has 2 fully saturated rings. The molecule has 2 atom stereocenters. The zero-order valence-corrected chi connectivity index (χ0v) is 10.6. The molecule has 0 aromatic rings. The number of ketones is 1. The molecule has 0 amide bonds. The smallest absolute Gasteiger partial charge is 0.166 e. The van der Waals surface area contributed by atoms with Crippen LogP contribution in [-0.2, 0) is 4.79 Å². The molecule has 92 valence electrons. The van der Waals surface area contributed by atoms with E-state index in [4.69, 9.17) is 0 Å². The highest BCUT2D eigenvalue weighted by atomic mass is 16.1. The summed E-state index contributed by atoms with van der Waals surface area (Å²) < 4.78 is 0. The molecule has 2 unspecified atom stereocenters. The van der Waals surface area contributed by atoms with Gasteiger partial charge in [-0.15, -0.1) is 0 Å². The number of likely N-dealkylation sites (N-methyl/N-ethyl adjacent to an activating group) is 2. The Morgan fingerprint density at radius 3 is 1.81 bits per heavy atom. The van der Waals surface area contributed by atoms with Gasteiger partial charge < -0.3 is 0 Å². The van der Waals surface area contributed by atoms with Gasteiger partial charge in [-0.3, -0.25) is 14.6 Å². The molecule has 2 aliphatic rings. The SMILES string of the molecule is CCN1CCCC1C(=O)C1CCCN1CC. The summed E-state index contributed by atoms with van der Waals surface area (Å²) in [5, 5.41) is 0. The van der Waals surface area contributed by atoms with Crippen LogP contribution in [0.1, 0.15) is 39.5 Å². The Balaban J connectivity index is 2.00. The molecule has 0 radical (unpaired) electrons. The fourth-order valence-electron chi connectivity index (χ4n) is 3.28. The standard InChI is InChI=1S/C13H24N2O/c1-3-14-9-5-7-11(14)13(16)12-8-6-10-15(12)4-2/h11-12H,3-10H2,1-2H3. The van der Waals surface area contributed by atoms with E-state index in [9.17, 15) is 4.79 Å². The van der Waals surface area contributed by atoms with Crippen molar-refractivity contribution < 1.29 is 4.79 Å². The first-order chi connectivity index (χ1) is 7.77. The Morgan fingerprint density at radius 2 is 1.44 bits per heavy atom. The van der Waals surface area contributed by atoms with Gasteiger partial charge in [0.25, 0.3) is 0 Å². The van der Waals surface area contributed by atoms with Gasteiger partial charge in [0.2, 0.25) is 0 Å². The first kappa shape index (κ1) is 12.1. The topological polar surface area (TPSA) is 23.6 Å². The summed E-state index contributed by atoms with van der Waals surface area (Å²) in [7, 11) is 0. The normalized spacial score (nSPS) is 32.4. The maximum atomic E-state index is 12.5. The molecule has 16 heavy (non-hydrogen) atoms. The monoisotopic (exact) mass is 224 g/mol. The van der Waals surface area contributed by atoms with E-state index in [0.717, 1.165) is 39.0 Å². The zero-order chi connectivity index (χ0) is 11.5. The summed E-state index contributed by atoms with van der Waals surface area (Å²) in [6.45, 7) is 8.61. The summed E-state index contributed by atoms with van der Waals surface area (Å²) in [6, 6.07) is 0.448. The van der Waals surface area contributed by atoms with E-state index < -0.39 is 0 Å². The predicted octanol–water partition coefficient (Wildman–Crippen LogP) is 1.52. The number of carbonyl (C=O) groups is 1. The van der Waals surface area contributed by atoms with Crippen molar-refractivity contribution in [2.24, 2.45) is 0 Å². The lowest BCUT2D eigenvalue weighted by Crippen LogP contribution is -2.46. The van der Waals surface area contributed by atoms with Crippen molar-refractivity contribution in [3.8, 4) is 0 Å². The van der Waals surface area contributed by atoms with Crippen LogP contribution >= 0.6 is 0 Å². The van der Waals surface area contributed by atoms with Crippen LogP contribution in [0.3, 0.4) is 0 Å². The van der Waals surface area contributed by atoms with Gasteiger partial charge in [-0.05, 0) is 51.9 Å². The summed E-state index contributed by atoms with van der Waals surface area (Å²) in [6.07, 6.45) is 4.56. The lowest BCUT2D eigenvalue weighted by molar-refractivity contribution is -0.127. The number of nitrogens with zero attached hydrogens (tertiary/aromatic N) is 2. The first-order valence-corrected chi connectivity index (χ1v) is 6.79. The van der Waals surface area contributed by atoms with Gasteiger partial charge in [0.15, 0.2) is 5.78 Å². The van der Waals surface area contributed by atoms with E-state index in [-0.39, 0.29) is 12.1 Å². The molecule has 0 aromatic carbocycles. The van der Waals surface area contributed by atoms with E-state index in [1.54, 1.807) is 0 Å². The predicted molar refractivity (Wildman–Crippen MR) is 65.5 cm³/mol. The molecule has 0 saturated carbocycles. The summed E-state index contributed by atoms with van der Waals surface area (Å²) >= 11 is 0. The Kier molecular flexibility index (Phi) is 3.98. The molecular weight excluding hydrogens is 200 g/mol. The molecule has 0 aliphatic carbocycles. The molecule has 3 heteroatoms. The van der Waals surface area contributed by atoms with Crippen LogP contribution in [0.2, 0.25) is 0 Å². The minimum absolute atomic E-state index is 0.224. The van der Waals surface area contributed by atoms with Crippen LogP contribution in [0, 0.1) is 0 Å². The fraction of sp³-hybridized carbons (Fsp3) is 0.923. The zero-order valence-electron chi connectivity index (χ0n) is 10.6. The second-order valence-corrected chi connectivity index (χ2v) is 4.98. The van der Waals surface area contributed by atoms with Crippen LogP contribution in [0.15, 0.2) is 0 Å². The Bertz CT molecular complexity index is 230. The molecule has 2 aliphatic heterocycles. The molecule has 2 rings (SSSR count). The third kappa shape index (κ3) is 2.16. The Labute approximate surface area is 98.8 Å². The largest absolute Gasteiger partial charge is 0.296 e. The molecule has 0 bridgehead atoms. The third-order valence-corrected chi connectivity index (χ3v) is 4.20. The molecule has 2 saturated heterocycles. The average molecular weight is 224 g/mol. The van der Waals surface area contributed by atoms with E-state index in [1.165, 1.54) is 12.8 Å². The van der Waals surface area contributed by atoms with Gasteiger partial charge in [0.05, 0.1) is 12.1 Å². The molecular formula is C13H24N2O. The minimum Gasteiger partial charge on any atom is -0.296 e. The maximum Gasteiger partial charge on any atom is 0.166 e. The van der Waals surface area contributed by atoms with Crippen molar-refractivity contribution >= 4 is 5.78 Å². The molecule has 3 nitrogen and oxygen atoms in total. The number of Topliss-reactive ketones (excluding diaryl/α,β-unsaturated/α-hetero) is 1. The molecule has 2 heterocycles. The van der Waals surface area contributed by atoms with Crippen molar-refractivity contribution in [1.29, 1.82) is 0 Å². The highest BCUT2D eigenvalue weighted by Crippen LogP contribution is 2.25. The Hall–Kier alpha value is -0.410. The van der Waals surface area contributed by atoms with Gasteiger partial charge in [-0.2, -0.15) is 0 Å². The average Bonchev–Trinajstić information content (AvgIpc) is 2.96. The highest BCUT2D eigenvalue weighted by Gasteiger charge is 2.37. The van der Waals surface area contributed by atoms with Crippen molar-refractivity contribution in [2.75, 3.05) is 26.2 Å². The van der Waals surface area contributed by atoms with Gasteiger partial charge in [-0.25, -0.2) is 0 Å². The van der Waals surface area contributed by atoms with Gasteiger partial charge in [-0.1, -0.05) is 13.8 Å². The lowest BCUT2D eigenvalue weighted by Gasteiger charge is -2.28. The van der Waals surface area contributed by atoms with E-state index in [2.05, 4.69) is 23.6 Å². The molecule has 0 aromatic heterocycles. The van der Waals surface area contributed by atoms with Crippen molar-refractivity contribution in [2.45, 2.75) is 51.6 Å². The van der Waals surface area contributed by atoms with Crippen LogP contribution < -0.4 is 0 Å². The van der Waals surface area contributed by atoms with E-state index >= 15 is 0 Å². The number of likely N-dealkylation sites (tertiary alicyclic amines) is 2. The van der Waals surface area contributed by atoms with Crippen molar-refractivity contribution in [3.63, 3.8) is 0 Å². The van der Waals surface area contributed by atoms with Crippen LogP contribution in [0.4, 0.5) is 0 Å². The molecule has 0 N–H and O–H groups in total. The van der Waals surface area contributed by atoms with E-state index in [1.807, 2.05) is 0 Å². The minimum atomic E-state index is 0.224. The number of hydrogen-bond acceptors (Lipinski definition) is 3. The van der Waals surface area contributed by atoms with Crippen molar-refractivity contribution in [3.05, 3.63) is 0 Å². The third-order valence-electron chi connectivity index (χ3n) is 4.20. The second kappa shape index (κ2) is 5.28. The maximum absolute atomic E-state index is 12.5. The summed E-state index contributed by atoms with van der Waals surface area (Å²) in [5.74, 6) is 0.499. The van der Waals surface area contributed by atoms with Crippen LogP contribution in [-0.4, -0.2) is 53.8 Å². The Morgan fingerprint density at radius 1 is 1.00 bits per heavy atom. The number of rotatable bonds is 4. The fourth-order valence-corrected chi connectivity index (χ4v) is 3.28. The van der Waals surface area contributed by atoms with Crippen LogP contribution in [0.25, 0.3) is 0 Å². The highest BCUT2D eigenvalue weighted by molar-refractivity contribution is 5.89. The van der Waals surface area contributed by atoms with Gasteiger partial charge >= 0.3 is 0 Å². The van der Waals surface area contributed by atoms with Crippen LogP contribution in [0.5, 0.6) is 0 Å². The summed E-state index contributed by atoms with van der Waals surface area (Å²) in [4.78, 5) is 17.2. The second-order valence-electron chi connectivity index (χ2n) is 4.98. The number of carbonyl (C=O) groups excluding carboxylic acids is 1. The lowest BCUT2D eigenvalue weighted by atomic mass is 10.0. The van der Waals surface area contributed by atoms with Gasteiger partial charge in [0, 0.05) is 0 Å². The quantitative estimate of drug-likeness (QED) is 0.723. The molecule has 0 spiro atoms. The summed E-state index contributed by atoms with van der Waals surface area (Å²) in [5.41, 5.74) is 0.